The average Bonchev–Trinajstić information content (AvgIpc) is 2.63. The molecule has 27 heavy (non-hydrogen) atoms. The van der Waals surface area contributed by atoms with E-state index < -0.39 is 40.3 Å². The van der Waals surface area contributed by atoms with E-state index in [0.717, 1.165) is 12.1 Å². The highest BCUT2D eigenvalue weighted by Crippen LogP contribution is 2.29. The molecular formula is C21H16F6. The van der Waals surface area contributed by atoms with Gasteiger partial charge in [-0.3, -0.25) is 0 Å². The summed E-state index contributed by atoms with van der Waals surface area (Å²) in [6, 6.07) is 6.00. The summed E-state index contributed by atoms with van der Waals surface area (Å²) in [5, 5.41) is -0.196. The zero-order chi connectivity index (χ0) is 19.7. The van der Waals surface area contributed by atoms with Crippen molar-refractivity contribution >= 4 is 10.8 Å². The Morgan fingerprint density at radius 1 is 0.630 bits per heavy atom. The van der Waals surface area contributed by atoms with E-state index >= 15 is 0 Å². The van der Waals surface area contributed by atoms with Gasteiger partial charge in [-0.15, -0.1) is 0 Å². The molecule has 0 saturated heterocycles. The van der Waals surface area contributed by atoms with E-state index in [1.165, 1.54) is 18.2 Å². The van der Waals surface area contributed by atoms with Crippen LogP contribution in [0.2, 0.25) is 0 Å². The second kappa shape index (κ2) is 7.62. The maximum absolute atomic E-state index is 14.5. The summed E-state index contributed by atoms with van der Waals surface area (Å²) in [6.45, 7) is 1.85. The first-order valence-corrected chi connectivity index (χ1v) is 8.54. The Labute approximate surface area is 152 Å². The minimum Gasteiger partial charge on any atom is -0.206 e. The highest BCUT2D eigenvalue weighted by Gasteiger charge is 2.19. The summed E-state index contributed by atoms with van der Waals surface area (Å²) in [6.07, 6.45) is 0.954. The lowest BCUT2D eigenvalue weighted by atomic mass is 9.97. The fraction of sp³-hybridized carbons (Fsp3) is 0.238. The molecule has 0 heterocycles. The Bertz CT molecular complexity index is 986. The third-order valence-electron chi connectivity index (χ3n) is 4.52. The molecule has 0 aromatic heterocycles. The topological polar surface area (TPSA) is 0 Å². The Kier molecular flexibility index (Phi) is 5.44. The third-order valence-corrected chi connectivity index (χ3v) is 4.52. The van der Waals surface area contributed by atoms with Gasteiger partial charge in [0, 0.05) is 0 Å². The normalized spacial score (nSPS) is 11.4. The Morgan fingerprint density at radius 2 is 1.30 bits per heavy atom. The SMILES string of the molecule is CCCc1ccc2cc(CCc3cc(F)c(F)c(F)c3)c(F)c(F)c2c1F. The van der Waals surface area contributed by atoms with Gasteiger partial charge in [0.1, 0.15) is 5.82 Å². The highest BCUT2D eigenvalue weighted by molar-refractivity contribution is 5.85. The van der Waals surface area contributed by atoms with Crippen LogP contribution in [-0.2, 0) is 19.3 Å². The van der Waals surface area contributed by atoms with Crippen LogP contribution in [0.5, 0.6) is 0 Å². The summed E-state index contributed by atoms with van der Waals surface area (Å²) in [7, 11) is 0. The first-order chi connectivity index (χ1) is 12.8. The zero-order valence-electron chi connectivity index (χ0n) is 14.5. The molecular weight excluding hydrogens is 366 g/mol. The van der Waals surface area contributed by atoms with Crippen molar-refractivity contribution in [1.82, 2.24) is 0 Å². The molecule has 3 rings (SSSR count). The largest absolute Gasteiger partial charge is 0.206 e. The fourth-order valence-corrected chi connectivity index (χ4v) is 3.15. The average molecular weight is 382 g/mol. The van der Waals surface area contributed by atoms with Gasteiger partial charge < -0.3 is 0 Å². The van der Waals surface area contributed by atoms with Crippen molar-refractivity contribution in [3.05, 3.63) is 81.9 Å². The monoisotopic (exact) mass is 382 g/mol. The van der Waals surface area contributed by atoms with Gasteiger partial charge in [-0.05, 0) is 59.5 Å². The number of benzene rings is 3. The molecule has 0 atom stereocenters. The zero-order valence-corrected chi connectivity index (χ0v) is 14.5. The molecule has 0 amide bonds. The van der Waals surface area contributed by atoms with Crippen molar-refractivity contribution < 1.29 is 26.3 Å². The first-order valence-electron chi connectivity index (χ1n) is 8.54. The van der Waals surface area contributed by atoms with Crippen molar-refractivity contribution in [3.8, 4) is 0 Å². The molecule has 0 nitrogen and oxygen atoms in total. The van der Waals surface area contributed by atoms with E-state index in [4.69, 9.17) is 0 Å². The van der Waals surface area contributed by atoms with Gasteiger partial charge in [0.25, 0.3) is 0 Å². The van der Waals surface area contributed by atoms with Crippen molar-refractivity contribution in [2.75, 3.05) is 0 Å². The van der Waals surface area contributed by atoms with Crippen LogP contribution in [0.3, 0.4) is 0 Å². The Balaban J connectivity index is 1.96. The summed E-state index contributed by atoms with van der Waals surface area (Å²) in [5.41, 5.74) is 0.372. The van der Waals surface area contributed by atoms with Gasteiger partial charge in [0.2, 0.25) is 0 Å². The van der Waals surface area contributed by atoms with Crippen molar-refractivity contribution in [3.63, 3.8) is 0 Å². The maximum Gasteiger partial charge on any atom is 0.194 e. The Hall–Kier alpha value is -2.50. The van der Waals surface area contributed by atoms with E-state index in [-0.39, 0.29) is 29.4 Å². The van der Waals surface area contributed by atoms with Gasteiger partial charge >= 0.3 is 0 Å². The fourth-order valence-electron chi connectivity index (χ4n) is 3.15. The number of hydrogen-bond donors (Lipinski definition) is 0. The molecule has 0 fully saturated rings. The molecule has 3 aromatic rings. The lowest BCUT2D eigenvalue weighted by Gasteiger charge is -2.11. The quantitative estimate of drug-likeness (QED) is 0.353. The van der Waals surface area contributed by atoms with Crippen LogP contribution in [-0.4, -0.2) is 0 Å². The van der Waals surface area contributed by atoms with Crippen molar-refractivity contribution in [1.29, 1.82) is 0 Å². The molecule has 3 aromatic carbocycles. The molecule has 0 aliphatic heterocycles. The van der Waals surface area contributed by atoms with Crippen LogP contribution in [0.1, 0.15) is 30.0 Å². The lowest BCUT2D eigenvalue weighted by molar-refractivity contribution is 0.445. The Morgan fingerprint density at radius 3 is 1.93 bits per heavy atom. The molecule has 142 valence electrons. The van der Waals surface area contributed by atoms with Gasteiger partial charge in [-0.1, -0.05) is 25.5 Å². The van der Waals surface area contributed by atoms with Crippen LogP contribution in [0.4, 0.5) is 26.3 Å². The highest BCUT2D eigenvalue weighted by atomic mass is 19.2. The molecule has 0 bridgehead atoms. The van der Waals surface area contributed by atoms with Crippen LogP contribution in [0.25, 0.3) is 10.8 Å². The molecule has 0 saturated carbocycles. The second-order valence-corrected chi connectivity index (χ2v) is 6.42. The molecule has 0 N–H and O–H groups in total. The van der Waals surface area contributed by atoms with Gasteiger partial charge in [-0.2, -0.15) is 0 Å². The lowest BCUT2D eigenvalue weighted by Crippen LogP contribution is -2.03. The van der Waals surface area contributed by atoms with E-state index in [2.05, 4.69) is 0 Å². The molecule has 0 aliphatic rings. The first kappa shape index (κ1) is 19.3. The molecule has 6 heteroatoms. The summed E-state index contributed by atoms with van der Waals surface area (Å²) in [5.74, 6) is -7.53. The van der Waals surface area contributed by atoms with Gasteiger partial charge in [0.15, 0.2) is 29.1 Å². The number of fused-ring (bicyclic) bond motifs is 1. The third kappa shape index (κ3) is 3.66. The van der Waals surface area contributed by atoms with Gasteiger partial charge in [0.05, 0.1) is 5.39 Å². The maximum atomic E-state index is 14.5. The van der Waals surface area contributed by atoms with Crippen molar-refractivity contribution in [2.45, 2.75) is 32.6 Å². The second-order valence-electron chi connectivity index (χ2n) is 6.42. The summed E-state index contributed by atoms with van der Waals surface area (Å²) in [4.78, 5) is 0. The predicted molar refractivity (Wildman–Crippen MR) is 91.5 cm³/mol. The summed E-state index contributed by atoms with van der Waals surface area (Å²) >= 11 is 0. The molecule has 0 unspecified atom stereocenters. The van der Waals surface area contributed by atoms with Crippen LogP contribution < -0.4 is 0 Å². The van der Waals surface area contributed by atoms with E-state index in [1.54, 1.807) is 0 Å². The minimum atomic E-state index is -1.58. The minimum absolute atomic E-state index is 0.0353. The molecule has 0 aliphatic carbocycles. The van der Waals surface area contributed by atoms with Crippen LogP contribution in [0.15, 0.2) is 30.3 Å². The number of hydrogen-bond acceptors (Lipinski definition) is 0. The van der Waals surface area contributed by atoms with Crippen LogP contribution in [0, 0.1) is 34.9 Å². The van der Waals surface area contributed by atoms with Gasteiger partial charge in [-0.25, -0.2) is 26.3 Å². The summed E-state index contributed by atoms with van der Waals surface area (Å²) < 4.78 is 82.9. The predicted octanol–water partition coefficient (Wildman–Crippen LogP) is 6.41. The smallest absolute Gasteiger partial charge is 0.194 e. The number of halogens is 6. The van der Waals surface area contributed by atoms with E-state index in [1.807, 2.05) is 6.92 Å². The number of rotatable bonds is 5. The molecule has 0 radical (unpaired) electrons. The molecule has 0 spiro atoms. The van der Waals surface area contributed by atoms with Crippen LogP contribution >= 0.6 is 0 Å². The standard InChI is InChI=1S/C21H16F6/c1-2-3-12-6-7-13-10-14(19(25)21(27)17(13)18(12)24)5-4-11-8-15(22)20(26)16(23)9-11/h6-10H,2-5H2,1H3. The van der Waals surface area contributed by atoms with E-state index in [9.17, 15) is 26.3 Å². The van der Waals surface area contributed by atoms with E-state index in [0.29, 0.717) is 18.4 Å². The van der Waals surface area contributed by atoms with Crippen molar-refractivity contribution in [2.24, 2.45) is 0 Å². The number of aryl methyl sites for hydroxylation is 3.